The minimum absolute atomic E-state index is 0.0839. The van der Waals surface area contributed by atoms with Gasteiger partial charge in [0.15, 0.2) is 0 Å². The normalized spacial score (nSPS) is 28.9. The van der Waals surface area contributed by atoms with E-state index in [0.29, 0.717) is 0 Å². The van der Waals surface area contributed by atoms with E-state index < -0.39 is 0 Å². The van der Waals surface area contributed by atoms with Crippen LogP contribution in [-0.4, -0.2) is 19.0 Å². The average molecular weight is 300 g/mol. The summed E-state index contributed by atoms with van der Waals surface area (Å²) >= 11 is 1.75. The Kier molecular flexibility index (Phi) is 3.05. The molecule has 1 aromatic heterocycles. The highest BCUT2D eigenvalue weighted by molar-refractivity contribution is 7.17. The molecule has 2 aromatic rings. The van der Waals surface area contributed by atoms with Crippen LogP contribution in [0, 0.1) is 11.3 Å². The summed E-state index contributed by atoms with van der Waals surface area (Å²) in [6.45, 7) is 4.17. The molecule has 1 saturated heterocycles. The van der Waals surface area contributed by atoms with Gasteiger partial charge >= 0.3 is 0 Å². The Morgan fingerprint density at radius 1 is 1.48 bits per heavy atom. The number of hydrogen-bond donors (Lipinski definition) is 2. The van der Waals surface area contributed by atoms with Gasteiger partial charge in [-0.2, -0.15) is 0 Å². The van der Waals surface area contributed by atoms with Crippen molar-refractivity contribution in [2.75, 3.05) is 13.1 Å². The number of hydrogen-bond acceptors (Lipinski definition) is 3. The molecular formula is C17H20N2OS. The van der Waals surface area contributed by atoms with E-state index in [1.54, 1.807) is 11.3 Å². The highest BCUT2D eigenvalue weighted by Crippen LogP contribution is 2.56. The second-order valence-electron chi connectivity index (χ2n) is 6.46. The minimum Gasteiger partial charge on any atom is -0.349 e. The van der Waals surface area contributed by atoms with Gasteiger partial charge in [-0.25, -0.2) is 0 Å². The molecule has 1 aromatic carbocycles. The molecule has 1 spiro atoms. The van der Waals surface area contributed by atoms with Crippen molar-refractivity contribution in [1.29, 1.82) is 0 Å². The van der Waals surface area contributed by atoms with Gasteiger partial charge in [0.25, 0.3) is 0 Å². The first-order valence-electron chi connectivity index (χ1n) is 7.67. The summed E-state index contributed by atoms with van der Waals surface area (Å²) in [6.07, 6.45) is 2.21. The molecule has 1 aliphatic carbocycles. The molecular weight excluding hydrogens is 280 g/mol. The van der Waals surface area contributed by atoms with Crippen molar-refractivity contribution in [1.82, 2.24) is 10.6 Å². The van der Waals surface area contributed by atoms with Gasteiger partial charge in [-0.05, 0) is 54.1 Å². The zero-order chi connectivity index (χ0) is 14.4. The zero-order valence-electron chi connectivity index (χ0n) is 12.2. The average Bonchev–Trinajstić information content (AvgIpc) is 2.84. The van der Waals surface area contributed by atoms with Crippen molar-refractivity contribution in [2.45, 2.75) is 25.8 Å². The molecule has 1 saturated carbocycles. The molecule has 4 heteroatoms. The third-order valence-corrected chi connectivity index (χ3v) is 6.10. The first kappa shape index (κ1) is 13.3. The number of rotatable bonds is 3. The number of carbonyl (C=O) groups is 1. The fourth-order valence-corrected chi connectivity index (χ4v) is 4.73. The Hall–Kier alpha value is -1.39. The number of benzene rings is 1. The Morgan fingerprint density at radius 2 is 2.33 bits per heavy atom. The van der Waals surface area contributed by atoms with Crippen LogP contribution in [-0.2, 0) is 4.79 Å². The van der Waals surface area contributed by atoms with E-state index in [1.165, 1.54) is 15.6 Å². The van der Waals surface area contributed by atoms with E-state index in [0.717, 1.165) is 25.9 Å². The second kappa shape index (κ2) is 4.82. The lowest BCUT2D eigenvalue weighted by Crippen LogP contribution is -2.30. The van der Waals surface area contributed by atoms with Gasteiger partial charge in [-0.15, -0.1) is 11.3 Å². The lowest BCUT2D eigenvalue weighted by molar-refractivity contribution is -0.123. The van der Waals surface area contributed by atoms with Crippen LogP contribution in [0.4, 0.5) is 0 Å². The molecule has 2 fully saturated rings. The Balaban J connectivity index is 1.48. The number of carbonyl (C=O) groups excluding carboxylic acids is 1. The summed E-state index contributed by atoms with van der Waals surface area (Å²) < 4.78 is 1.29. The fourth-order valence-electron chi connectivity index (χ4n) is 3.68. The molecule has 1 amide bonds. The van der Waals surface area contributed by atoms with Crippen molar-refractivity contribution in [3.05, 3.63) is 35.2 Å². The van der Waals surface area contributed by atoms with E-state index in [1.807, 2.05) is 0 Å². The maximum absolute atomic E-state index is 12.5. The molecule has 21 heavy (non-hydrogen) atoms. The summed E-state index contributed by atoms with van der Waals surface area (Å²) in [6, 6.07) is 8.49. The molecule has 3 nitrogen and oxygen atoms in total. The van der Waals surface area contributed by atoms with Gasteiger partial charge in [0.2, 0.25) is 5.91 Å². The summed E-state index contributed by atoms with van der Waals surface area (Å²) in [5, 5.41) is 10.1. The number of thiophene rings is 1. The van der Waals surface area contributed by atoms with Crippen LogP contribution >= 0.6 is 11.3 Å². The zero-order valence-corrected chi connectivity index (χ0v) is 13.0. The lowest BCUT2D eigenvalue weighted by atomic mass is 10.0. The Bertz CT molecular complexity index is 687. The summed E-state index contributed by atoms with van der Waals surface area (Å²) in [7, 11) is 0. The van der Waals surface area contributed by atoms with Crippen LogP contribution in [0.1, 0.15) is 31.4 Å². The van der Waals surface area contributed by atoms with Crippen LogP contribution in [0.2, 0.25) is 0 Å². The predicted octanol–water partition coefficient (Wildman–Crippen LogP) is 3.08. The molecule has 0 bridgehead atoms. The largest absolute Gasteiger partial charge is 0.349 e. The second-order valence-corrected chi connectivity index (χ2v) is 7.37. The minimum atomic E-state index is 0.0839. The standard InChI is InChI=1S/C17H20N2OS/c1-11(13-9-21-15-5-3-2-4-12(13)15)19-16(20)14-8-17(14)6-7-18-10-17/h2-5,9,11,14,18H,6-8,10H2,1H3,(H,19,20)/t11-,14?,17?/m0/s1. The fraction of sp³-hybridized carbons (Fsp3) is 0.471. The summed E-state index contributed by atoms with van der Waals surface area (Å²) in [5.41, 5.74) is 1.52. The van der Waals surface area contributed by atoms with Gasteiger partial charge in [-0.3, -0.25) is 4.79 Å². The third kappa shape index (κ3) is 2.17. The first-order chi connectivity index (χ1) is 10.2. The third-order valence-electron chi connectivity index (χ3n) is 5.12. The highest BCUT2D eigenvalue weighted by atomic mass is 32.1. The highest BCUT2D eigenvalue weighted by Gasteiger charge is 2.59. The van der Waals surface area contributed by atoms with Gasteiger partial charge in [0, 0.05) is 17.2 Å². The molecule has 2 heterocycles. The summed E-state index contributed by atoms with van der Waals surface area (Å²) in [4.78, 5) is 12.5. The SMILES string of the molecule is C[C@H](NC(=O)C1CC12CCNC2)c1csc2ccccc12. The van der Waals surface area contributed by atoms with Crippen molar-refractivity contribution in [2.24, 2.45) is 11.3 Å². The van der Waals surface area contributed by atoms with Gasteiger partial charge in [-0.1, -0.05) is 18.2 Å². The molecule has 1 aliphatic heterocycles. The van der Waals surface area contributed by atoms with E-state index in [2.05, 4.69) is 47.2 Å². The van der Waals surface area contributed by atoms with Crippen LogP contribution < -0.4 is 10.6 Å². The van der Waals surface area contributed by atoms with Gasteiger partial charge in [0.1, 0.15) is 0 Å². The summed E-state index contributed by atoms with van der Waals surface area (Å²) in [5.74, 6) is 0.460. The lowest BCUT2D eigenvalue weighted by Gasteiger charge is -2.15. The number of amides is 1. The molecule has 2 unspecified atom stereocenters. The van der Waals surface area contributed by atoms with E-state index in [9.17, 15) is 4.79 Å². The topological polar surface area (TPSA) is 41.1 Å². The Labute approximate surface area is 128 Å². The van der Waals surface area contributed by atoms with Crippen LogP contribution in [0.3, 0.4) is 0 Å². The Morgan fingerprint density at radius 3 is 3.14 bits per heavy atom. The van der Waals surface area contributed by atoms with Crippen molar-refractivity contribution in [3.8, 4) is 0 Å². The molecule has 3 atom stereocenters. The van der Waals surface area contributed by atoms with Crippen LogP contribution in [0.5, 0.6) is 0 Å². The first-order valence-corrected chi connectivity index (χ1v) is 8.55. The maximum Gasteiger partial charge on any atom is 0.224 e. The van der Waals surface area contributed by atoms with Crippen molar-refractivity contribution >= 4 is 27.3 Å². The van der Waals surface area contributed by atoms with E-state index >= 15 is 0 Å². The smallest absolute Gasteiger partial charge is 0.224 e. The molecule has 110 valence electrons. The number of nitrogens with one attached hydrogen (secondary N) is 2. The van der Waals surface area contributed by atoms with Crippen LogP contribution in [0.25, 0.3) is 10.1 Å². The number of fused-ring (bicyclic) bond motifs is 1. The quantitative estimate of drug-likeness (QED) is 0.914. The van der Waals surface area contributed by atoms with E-state index in [-0.39, 0.29) is 23.3 Å². The molecule has 2 N–H and O–H groups in total. The molecule has 4 rings (SSSR count). The van der Waals surface area contributed by atoms with E-state index in [4.69, 9.17) is 0 Å². The molecule has 2 aliphatic rings. The maximum atomic E-state index is 12.5. The van der Waals surface area contributed by atoms with Gasteiger partial charge < -0.3 is 10.6 Å². The van der Waals surface area contributed by atoms with Gasteiger partial charge in [0.05, 0.1) is 6.04 Å². The van der Waals surface area contributed by atoms with Crippen LogP contribution in [0.15, 0.2) is 29.6 Å². The van der Waals surface area contributed by atoms with Crippen molar-refractivity contribution < 1.29 is 4.79 Å². The molecule has 0 radical (unpaired) electrons. The monoisotopic (exact) mass is 300 g/mol. The predicted molar refractivity (Wildman–Crippen MR) is 86.4 cm³/mol. The van der Waals surface area contributed by atoms with Crippen molar-refractivity contribution in [3.63, 3.8) is 0 Å².